The van der Waals surface area contributed by atoms with E-state index in [1.165, 1.54) is 0 Å². The van der Waals surface area contributed by atoms with Gasteiger partial charge in [0.2, 0.25) is 0 Å². The van der Waals surface area contributed by atoms with Gasteiger partial charge in [0.1, 0.15) is 5.15 Å². The van der Waals surface area contributed by atoms with Crippen LogP contribution in [0.4, 0.5) is 0 Å². The minimum Gasteiger partial charge on any atom is -0.380 e. The number of methoxy groups -OCH3 is 1. The Morgan fingerprint density at radius 2 is 1.78 bits per heavy atom. The topological polar surface area (TPSA) is 56.1 Å². The first-order valence-electron chi connectivity index (χ1n) is 8.71. The molecule has 0 saturated carbocycles. The first-order valence-corrected chi connectivity index (χ1v) is 9.08. The van der Waals surface area contributed by atoms with Crippen molar-refractivity contribution >= 4 is 17.5 Å². The number of carbonyl (C=O) groups is 1. The van der Waals surface area contributed by atoms with Gasteiger partial charge in [0.25, 0.3) is 5.91 Å². The van der Waals surface area contributed by atoms with Gasteiger partial charge in [0.05, 0.1) is 24.4 Å². The monoisotopic (exact) mass is 383 g/mol. The molecule has 1 heterocycles. The van der Waals surface area contributed by atoms with Crippen LogP contribution in [-0.2, 0) is 24.4 Å². The lowest BCUT2D eigenvalue weighted by atomic mass is 10.1. The van der Waals surface area contributed by atoms with E-state index in [4.69, 9.17) is 16.3 Å². The molecule has 1 aromatic heterocycles. The van der Waals surface area contributed by atoms with Crippen molar-refractivity contribution in [2.75, 3.05) is 7.11 Å². The molecule has 1 amide bonds. The third-order valence-electron chi connectivity index (χ3n) is 4.33. The smallest absolute Gasteiger partial charge is 0.256 e. The fourth-order valence-electron chi connectivity index (χ4n) is 2.96. The summed E-state index contributed by atoms with van der Waals surface area (Å²) in [6.45, 7) is 3.21. The lowest BCUT2D eigenvalue weighted by Crippen LogP contribution is -2.24. The molecule has 0 fully saturated rings. The van der Waals surface area contributed by atoms with Crippen LogP contribution in [0.25, 0.3) is 0 Å². The van der Waals surface area contributed by atoms with Gasteiger partial charge in [-0.15, -0.1) is 0 Å². The van der Waals surface area contributed by atoms with Crippen LogP contribution in [0, 0.1) is 6.92 Å². The Kier molecular flexibility index (Phi) is 6.27. The summed E-state index contributed by atoms with van der Waals surface area (Å²) in [5.41, 5.74) is 4.15. The molecular formula is C21H22ClN3O2. The minimum absolute atomic E-state index is 0.232. The average Bonchev–Trinajstić information content (AvgIpc) is 2.95. The molecule has 0 bridgehead atoms. The van der Waals surface area contributed by atoms with Crippen molar-refractivity contribution in [2.24, 2.45) is 0 Å². The molecule has 0 aliphatic heterocycles. The Labute approximate surface area is 163 Å². The van der Waals surface area contributed by atoms with Crippen LogP contribution < -0.4 is 5.32 Å². The van der Waals surface area contributed by atoms with E-state index in [1.807, 2.05) is 54.6 Å². The van der Waals surface area contributed by atoms with Crippen molar-refractivity contribution in [2.45, 2.75) is 26.6 Å². The molecule has 6 heteroatoms. The Morgan fingerprint density at radius 3 is 2.48 bits per heavy atom. The molecule has 0 unspecified atom stereocenters. The third-order valence-corrected chi connectivity index (χ3v) is 4.71. The van der Waals surface area contributed by atoms with Gasteiger partial charge in [-0.2, -0.15) is 5.10 Å². The lowest BCUT2D eigenvalue weighted by molar-refractivity contribution is 0.0950. The Bertz CT molecular complexity index is 922. The fraction of sp³-hybridized carbons (Fsp3) is 0.238. The molecular weight excluding hydrogens is 362 g/mol. The van der Waals surface area contributed by atoms with Gasteiger partial charge in [-0.3, -0.25) is 4.79 Å². The second kappa shape index (κ2) is 8.84. The summed E-state index contributed by atoms with van der Waals surface area (Å²) in [5, 5.41) is 7.72. The molecule has 3 rings (SSSR count). The first-order chi connectivity index (χ1) is 13.1. The number of aromatic nitrogens is 2. The molecule has 0 saturated heterocycles. The predicted octanol–water partition coefficient (Wildman–Crippen LogP) is 3.97. The quantitative estimate of drug-likeness (QED) is 0.671. The maximum absolute atomic E-state index is 12.7. The summed E-state index contributed by atoms with van der Waals surface area (Å²) in [7, 11) is 1.65. The summed E-state index contributed by atoms with van der Waals surface area (Å²) in [5.74, 6) is -0.232. The maximum Gasteiger partial charge on any atom is 0.256 e. The number of ether oxygens (including phenoxy) is 1. The molecule has 3 aromatic rings. The normalized spacial score (nSPS) is 10.8. The van der Waals surface area contributed by atoms with Crippen LogP contribution in [0.5, 0.6) is 0 Å². The molecule has 27 heavy (non-hydrogen) atoms. The lowest BCUT2D eigenvalue weighted by Gasteiger charge is -2.10. The summed E-state index contributed by atoms with van der Waals surface area (Å²) >= 11 is 6.46. The van der Waals surface area contributed by atoms with Crippen molar-refractivity contribution in [3.63, 3.8) is 0 Å². The largest absolute Gasteiger partial charge is 0.380 e. The number of benzene rings is 2. The summed E-state index contributed by atoms with van der Waals surface area (Å²) < 4.78 is 6.86. The number of aryl methyl sites for hydroxylation is 1. The Hall–Kier alpha value is -2.63. The Morgan fingerprint density at radius 1 is 1.11 bits per heavy atom. The van der Waals surface area contributed by atoms with E-state index in [9.17, 15) is 4.79 Å². The highest BCUT2D eigenvalue weighted by molar-refractivity contribution is 6.33. The number of halogens is 1. The zero-order valence-corrected chi connectivity index (χ0v) is 16.2. The van der Waals surface area contributed by atoms with Crippen LogP contribution in [0.1, 0.15) is 32.7 Å². The molecule has 0 aliphatic carbocycles. The standard InChI is InChI=1S/C21H22ClN3O2/c1-15-19(20(22)25(24-15)13-16-8-4-3-5-9-16)21(26)23-12-17-10-6-7-11-18(17)14-27-2/h3-11H,12-14H2,1-2H3,(H,23,26). The van der Waals surface area contributed by atoms with Gasteiger partial charge in [-0.05, 0) is 23.6 Å². The molecule has 0 atom stereocenters. The van der Waals surface area contributed by atoms with Crippen LogP contribution >= 0.6 is 11.6 Å². The average molecular weight is 384 g/mol. The Balaban J connectivity index is 1.74. The number of rotatable bonds is 7. The number of carbonyl (C=O) groups excluding carboxylic acids is 1. The molecule has 0 spiro atoms. The SMILES string of the molecule is COCc1ccccc1CNC(=O)c1c(C)nn(Cc2ccccc2)c1Cl. The summed E-state index contributed by atoms with van der Waals surface area (Å²) in [6, 6.07) is 17.7. The summed E-state index contributed by atoms with van der Waals surface area (Å²) in [4.78, 5) is 12.7. The minimum atomic E-state index is -0.232. The van der Waals surface area contributed by atoms with Gasteiger partial charge < -0.3 is 10.1 Å². The van der Waals surface area contributed by atoms with Crippen LogP contribution in [-0.4, -0.2) is 22.8 Å². The molecule has 5 nitrogen and oxygen atoms in total. The van der Waals surface area contributed by atoms with Crippen molar-refractivity contribution in [1.82, 2.24) is 15.1 Å². The number of nitrogens with one attached hydrogen (secondary N) is 1. The highest BCUT2D eigenvalue weighted by Crippen LogP contribution is 2.21. The van der Waals surface area contributed by atoms with Crippen LogP contribution in [0.15, 0.2) is 54.6 Å². The predicted molar refractivity (Wildman–Crippen MR) is 106 cm³/mol. The van der Waals surface area contributed by atoms with Crippen LogP contribution in [0.2, 0.25) is 5.15 Å². The van der Waals surface area contributed by atoms with Gasteiger partial charge in [0.15, 0.2) is 0 Å². The van der Waals surface area contributed by atoms with E-state index < -0.39 is 0 Å². The number of amides is 1. The van der Waals surface area contributed by atoms with E-state index in [0.29, 0.717) is 36.1 Å². The third kappa shape index (κ3) is 4.56. The molecule has 0 aliphatic rings. The van der Waals surface area contributed by atoms with Crippen molar-refractivity contribution < 1.29 is 9.53 Å². The van der Waals surface area contributed by atoms with Crippen molar-refractivity contribution in [1.29, 1.82) is 0 Å². The molecule has 0 radical (unpaired) electrons. The summed E-state index contributed by atoms with van der Waals surface area (Å²) in [6.07, 6.45) is 0. The van der Waals surface area contributed by atoms with Gasteiger partial charge in [-0.1, -0.05) is 66.2 Å². The second-order valence-corrected chi connectivity index (χ2v) is 6.64. The maximum atomic E-state index is 12.7. The highest BCUT2D eigenvalue weighted by Gasteiger charge is 2.20. The zero-order chi connectivity index (χ0) is 19.2. The number of hydrogen-bond acceptors (Lipinski definition) is 3. The van der Waals surface area contributed by atoms with E-state index in [-0.39, 0.29) is 5.91 Å². The van der Waals surface area contributed by atoms with E-state index in [1.54, 1.807) is 18.7 Å². The van der Waals surface area contributed by atoms with E-state index in [2.05, 4.69) is 10.4 Å². The van der Waals surface area contributed by atoms with E-state index in [0.717, 1.165) is 16.7 Å². The zero-order valence-electron chi connectivity index (χ0n) is 15.4. The van der Waals surface area contributed by atoms with Gasteiger partial charge >= 0.3 is 0 Å². The first kappa shape index (κ1) is 19.1. The molecule has 1 N–H and O–H groups in total. The van der Waals surface area contributed by atoms with Crippen LogP contribution in [0.3, 0.4) is 0 Å². The van der Waals surface area contributed by atoms with E-state index >= 15 is 0 Å². The fourth-order valence-corrected chi connectivity index (χ4v) is 3.28. The van der Waals surface area contributed by atoms with Gasteiger partial charge in [0, 0.05) is 13.7 Å². The molecule has 2 aromatic carbocycles. The van der Waals surface area contributed by atoms with Gasteiger partial charge in [-0.25, -0.2) is 4.68 Å². The van der Waals surface area contributed by atoms with Crippen molar-refractivity contribution in [3.8, 4) is 0 Å². The number of hydrogen-bond donors (Lipinski definition) is 1. The highest BCUT2D eigenvalue weighted by atomic mass is 35.5. The second-order valence-electron chi connectivity index (χ2n) is 6.28. The van der Waals surface area contributed by atoms with Crippen molar-refractivity contribution in [3.05, 3.63) is 87.7 Å². The molecule has 140 valence electrons. The number of nitrogens with zero attached hydrogens (tertiary/aromatic N) is 2.